The molecule has 0 fully saturated rings. The average Bonchev–Trinajstić information content (AvgIpc) is 3.42. The van der Waals surface area contributed by atoms with Crippen molar-refractivity contribution in [2.75, 3.05) is 13.8 Å². The Morgan fingerprint density at radius 1 is 1.06 bits per heavy atom. The summed E-state index contributed by atoms with van der Waals surface area (Å²) in [4.78, 5) is 9.07. The van der Waals surface area contributed by atoms with Crippen LogP contribution in [0.25, 0.3) is 44.7 Å². The molecule has 7 heteroatoms. The van der Waals surface area contributed by atoms with E-state index in [0.717, 1.165) is 39.0 Å². The minimum absolute atomic E-state index is 0.178. The zero-order chi connectivity index (χ0) is 21.4. The molecule has 0 saturated carbocycles. The first-order valence-corrected chi connectivity index (χ1v) is 9.89. The van der Waals surface area contributed by atoms with Gasteiger partial charge in [0.2, 0.25) is 5.89 Å². The third-order valence-corrected chi connectivity index (χ3v) is 5.25. The van der Waals surface area contributed by atoms with E-state index in [1.807, 2.05) is 60.8 Å². The van der Waals surface area contributed by atoms with E-state index < -0.39 is 12.8 Å². The van der Waals surface area contributed by atoms with Crippen molar-refractivity contribution in [3.8, 4) is 28.3 Å². The predicted octanol–water partition coefficient (Wildman–Crippen LogP) is 4.85. The van der Waals surface area contributed by atoms with Crippen molar-refractivity contribution in [3.63, 3.8) is 0 Å². The predicted molar refractivity (Wildman–Crippen MR) is 117 cm³/mol. The maximum atomic E-state index is 12.6. The van der Waals surface area contributed by atoms with Gasteiger partial charge in [0.1, 0.15) is 29.7 Å². The molecule has 3 aromatic heterocycles. The number of ether oxygens (including phenoxy) is 1. The highest BCUT2D eigenvalue weighted by molar-refractivity contribution is 5.83. The molecule has 5 aromatic rings. The first kappa shape index (κ1) is 19.3. The number of aliphatic hydroxyl groups is 1. The highest BCUT2D eigenvalue weighted by Gasteiger charge is 2.11. The van der Waals surface area contributed by atoms with Crippen molar-refractivity contribution in [3.05, 3.63) is 67.0 Å². The quantitative estimate of drug-likeness (QED) is 0.428. The Morgan fingerprint density at radius 3 is 2.65 bits per heavy atom. The maximum Gasteiger partial charge on any atom is 0.227 e. The number of methoxy groups -OCH3 is 1. The number of pyridine rings is 1. The molecule has 0 spiro atoms. The molecule has 1 unspecified atom stereocenters. The van der Waals surface area contributed by atoms with E-state index in [4.69, 9.17) is 9.15 Å². The van der Waals surface area contributed by atoms with Crippen LogP contribution in [0.3, 0.4) is 0 Å². The fourth-order valence-corrected chi connectivity index (χ4v) is 3.62. The van der Waals surface area contributed by atoms with E-state index in [9.17, 15) is 9.50 Å². The molecule has 0 aliphatic rings. The van der Waals surface area contributed by atoms with Crippen molar-refractivity contribution in [2.45, 2.75) is 12.6 Å². The van der Waals surface area contributed by atoms with Gasteiger partial charge in [-0.2, -0.15) is 0 Å². The van der Waals surface area contributed by atoms with Crippen molar-refractivity contribution >= 4 is 22.1 Å². The standard InChI is InChI=1S/C24H20FN3O3/c1-30-20-6-7-21-22(11-20)31-24(27-21)16-4-2-15(3-5-16)18-10-17-8-9-28(14-19(29)12-25)23(17)26-13-18/h2-11,13,19,29H,12,14H2,1H3. The van der Waals surface area contributed by atoms with Crippen LogP contribution in [-0.4, -0.2) is 39.5 Å². The average molecular weight is 417 g/mol. The number of fused-ring (bicyclic) bond motifs is 2. The lowest BCUT2D eigenvalue weighted by molar-refractivity contribution is 0.123. The molecule has 1 N–H and O–H groups in total. The van der Waals surface area contributed by atoms with Crippen LogP contribution in [0.15, 0.2) is 71.4 Å². The van der Waals surface area contributed by atoms with Crippen LogP contribution >= 0.6 is 0 Å². The Kier molecular flexibility index (Phi) is 4.88. The third kappa shape index (κ3) is 3.64. The number of halogens is 1. The maximum absolute atomic E-state index is 12.6. The summed E-state index contributed by atoms with van der Waals surface area (Å²) in [7, 11) is 1.62. The molecule has 2 aromatic carbocycles. The monoisotopic (exact) mass is 417 g/mol. The molecule has 0 bridgehead atoms. The Bertz CT molecular complexity index is 1360. The molecule has 0 radical (unpaired) electrons. The molecule has 31 heavy (non-hydrogen) atoms. The van der Waals surface area contributed by atoms with Crippen LogP contribution in [0, 0.1) is 0 Å². The lowest BCUT2D eigenvalue weighted by Crippen LogP contribution is -2.17. The van der Waals surface area contributed by atoms with Crippen LogP contribution < -0.4 is 4.74 Å². The van der Waals surface area contributed by atoms with E-state index in [-0.39, 0.29) is 6.54 Å². The van der Waals surface area contributed by atoms with E-state index in [1.165, 1.54) is 0 Å². The summed E-state index contributed by atoms with van der Waals surface area (Å²) in [6, 6.07) is 17.4. The summed E-state index contributed by atoms with van der Waals surface area (Å²) in [5.41, 5.74) is 5.01. The minimum Gasteiger partial charge on any atom is -0.497 e. The van der Waals surface area contributed by atoms with Gasteiger partial charge >= 0.3 is 0 Å². The lowest BCUT2D eigenvalue weighted by Gasteiger charge is -2.09. The van der Waals surface area contributed by atoms with Crippen molar-refractivity contribution in [2.24, 2.45) is 0 Å². The summed E-state index contributed by atoms with van der Waals surface area (Å²) >= 11 is 0. The van der Waals surface area contributed by atoms with E-state index in [2.05, 4.69) is 9.97 Å². The summed E-state index contributed by atoms with van der Waals surface area (Å²) in [6.45, 7) is -0.602. The van der Waals surface area contributed by atoms with Gasteiger partial charge in [-0.3, -0.25) is 0 Å². The zero-order valence-corrected chi connectivity index (χ0v) is 16.8. The summed E-state index contributed by atoms with van der Waals surface area (Å²) < 4.78 is 25.5. The molecule has 6 nitrogen and oxygen atoms in total. The van der Waals surface area contributed by atoms with Gasteiger partial charge in [-0.05, 0) is 42.0 Å². The van der Waals surface area contributed by atoms with Crippen LogP contribution in [0.4, 0.5) is 4.39 Å². The number of hydrogen-bond acceptors (Lipinski definition) is 5. The highest BCUT2D eigenvalue weighted by atomic mass is 19.1. The SMILES string of the molecule is COc1ccc2nc(-c3ccc(-c4cnc5c(ccn5CC(O)CF)c4)cc3)oc2c1. The number of hydrogen-bond donors (Lipinski definition) is 1. The van der Waals surface area contributed by atoms with Crippen LogP contribution in [0.1, 0.15) is 0 Å². The van der Waals surface area contributed by atoms with Gasteiger partial charge in [0.25, 0.3) is 0 Å². The second-order valence-electron chi connectivity index (χ2n) is 7.34. The fourth-order valence-electron chi connectivity index (χ4n) is 3.62. The van der Waals surface area contributed by atoms with Crippen LogP contribution in [-0.2, 0) is 6.54 Å². The highest BCUT2D eigenvalue weighted by Crippen LogP contribution is 2.29. The molecular weight excluding hydrogens is 397 g/mol. The second kappa shape index (κ2) is 7.85. The molecule has 0 amide bonds. The molecule has 0 aliphatic carbocycles. The Balaban J connectivity index is 1.42. The topological polar surface area (TPSA) is 73.3 Å². The van der Waals surface area contributed by atoms with Crippen LogP contribution in [0.5, 0.6) is 5.75 Å². The number of benzene rings is 2. The van der Waals surface area contributed by atoms with Gasteiger partial charge in [0.15, 0.2) is 5.58 Å². The molecule has 1 atom stereocenters. The van der Waals surface area contributed by atoms with Crippen molar-refractivity contribution in [1.29, 1.82) is 0 Å². The number of oxazole rings is 1. The van der Waals surface area contributed by atoms with Gasteiger partial charge in [-0.15, -0.1) is 0 Å². The number of aromatic nitrogens is 3. The number of rotatable bonds is 6. The number of nitrogens with zero attached hydrogens (tertiary/aromatic N) is 3. The molecule has 5 rings (SSSR count). The summed E-state index contributed by atoms with van der Waals surface area (Å²) in [6.07, 6.45) is 2.56. The van der Waals surface area contributed by atoms with Gasteiger partial charge in [0, 0.05) is 35.0 Å². The smallest absolute Gasteiger partial charge is 0.227 e. The van der Waals surface area contributed by atoms with Gasteiger partial charge < -0.3 is 18.8 Å². The molecule has 156 valence electrons. The Morgan fingerprint density at radius 2 is 1.87 bits per heavy atom. The minimum atomic E-state index is -1.03. The summed E-state index contributed by atoms with van der Waals surface area (Å²) in [5.74, 6) is 1.27. The molecule has 0 saturated heterocycles. The lowest BCUT2D eigenvalue weighted by atomic mass is 10.0. The molecule has 0 aliphatic heterocycles. The Labute approximate surface area is 177 Å². The number of alkyl halides is 1. The third-order valence-electron chi connectivity index (χ3n) is 5.25. The fraction of sp³-hybridized carbons (Fsp3) is 0.167. The normalized spacial score (nSPS) is 12.5. The zero-order valence-electron chi connectivity index (χ0n) is 16.8. The van der Waals surface area contributed by atoms with E-state index in [1.54, 1.807) is 17.9 Å². The largest absolute Gasteiger partial charge is 0.497 e. The molecular formula is C24H20FN3O3. The van der Waals surface area contributed by atoms with Gasteiger partial charge in [0.05, 0.1) is 13.7 Å². The van der Waals surface area contributed by atoms with Crippen molar-refractivity contribution in [1.82, 2.24) is 14.5 Å². The second-order valence-corrected chi connectivity index (χ2v) is 7.34. The first-order valence-electron chi connectivity index (χ1n) is 9.89. The van der Waals surface area contributed by atoms with Gasteiger partial charge in [-0.25, -0.2) is 14.4 Å². The van der Waals surface area contributed by atoms with Crippen molar-refractivity contribution < 1.29 is 18.7 Å². The van der Waals surface area contributed by atoms with Gasteiger partial charge in [-0.1, -0.05) is 12.1 Å². The Hall–Kier alpha value is -3.71. The number of aliphatic hydroxyl groups excluding tert-OH is 1. The van der Waals surface area contributed by atoms with E-state index in [0.29, 0.717) is 11.5 Å². The first-order chi connectivity index (χ1) is 15.1. The van der Waals surface area contributed by atoms with E-state index >= 15 is 0 Å². The molecule has 3 heterocycles. The van der Waals surface area contributed by atoms with Crippen LogP contribution in [0.2, 0.25) is 0 Å². The summed E-state index contributed by atoms with van der Waals surface area (Å²) in [5, 5.41) is 10.5.